The summed E-state index contributed by atoms with van der Waals surface area (Å²) >= 11 is 0.979. The van der Waals surface area contributed by atoms with Gasteiger partial charge in [-0.15, -0.1) is 5.10 Å². The molecule has 1 saturated heterocycles. The van der Waals surface area contributed by atoms with Gasteiger partial charge in [-0.2, -0.15) is 0 Å². The number of amides is 1. The van der Waals surface area contributed by atoms with Crippen molar-refractivity contribution >= 4 is 23.6 Å². The van der Waals surface area contributed by atoms with Crippen molar-refractivity contribution in [2.75, 3.05) is 12.3 Å². The summed E-state index contributed by atoms with van der Waals surface area (Å²) in [5.41, 5.74) is -0.385. The molecule has 18 heavy (non-hydrogen) atoms. The van der Waals surface area contributed by atoms with Gasteiger partial charge >= 0.3 is 11.7 Å². The van der Waals surface area contributed by atoms with Crippen LogP contribution in [0.25, 0.3) is 0 Å². The van der Waals surface area contributed by atoms with E-state index >= 15 is 0 Å². The molecule has 2 rings (SSSR count). The first-order valence-corrected chi connectivity index (χ1v) is 6.34. The Bertz CT molecular complexity index is 513. The fraction of sp³-hybridized carbons (Fsp3) is 0.556. The summed E-state index contributed by atoms with van der Waals surface area (Å²) in [5, 5.41) is 17.7. The molecule has 1 atom stereocenters. The number of H-pyrrole nitrogens is 1. The Labute approximate surface area is 106 Å². The highest BCUT2D eigenvalue weighted by atomic mass is 32.2. The number of carboxylic acids is 1. The number of nitrogens with one attached hydrogen (secondary N) is 2. The lowest BCUT2D eigenvalue weighted by Gasteiger charge is -2.23. The predicted octanol–water partition coefficient (Wildman–Crippen LogP) is -0.801. The van der Waals surface area contributed by atoms with Gasteiger partial charge in [0.1, 0.15) is 0 Å². The van der Waals surface area contributed by atoms with Crippen LogP contribution in [-0.4, -0.2) is 44.0 Å². The number of aliphatic carboxylic acids is 1. The van der Waals surface area contributed by atoms with Gasteiger partial charge in [0, 0.05) is 13.0 Å². The normalized spacial score (nSPS) is 19.6. The average Bonchev–Trinajstić information content (AvgIpc) is 2.69. The van der Waals surface area contributed by atoms with Crippen molar-refractivity contribution in [3.63, 3.8) is 0 Å². The summed E-state index contributed by atoms with van der Waals surface area (Å²) in [6, 6.07) is -0.176. The number of aromatic amines is 1. The summed E-state index contributed by atoms with van der Waals surface area (Å²) in [6.45, 7) is 0.360. The molecule has 9 heteroatoms. The van der Waals surface area contributed by atoms with Crippen molar-refractivity contribution in [1.82, 2.24) is 20.1 Å². The molecule has 0 saturated carbocycles. The Morgan fingerprint density at radius 2 is 2.33 bits per heavy atom. The van der Waals surface area contributed by atoms with E-state index in [9.17, 15) is 14.4 Å². The largest absolute Gasteiger partial charge is 0.481 e. The minimum absolute atomic E-state index is 0.0393. The topological polar surface area (TPSA) is 117 Å². The molecule has 98 valence electrons. The molecule has 1 amide bonds. The number of carbonyl (C=O) groups excluding carboxylic acids is 1. The van der Waals surface area contributed by atoms with Crippen LogP contribution in [0, 0.1) is 0 Å². The zero-order chi connectivity index (χ0) is 13.1. The van der Waals surface area contributed by atoms with Gasteiger partial charge in [0.05, 0.1) is 11.8 Å². The molecule has 1 aliphatic rings. The number of aromatic nitrogens is 3. The number of hydrogen-bond donors (Lipinski definition) is 3. The third-order valence-electron chi connectivity index (χ3n) is 2.60. The van der Waals surface area contributed by atoms with E-state index in [4.69, 9.17) is 5.11 Å². The molecule has 1 unspecified atom stereocenters. The van der Waals surface area contributed by atoms with Crippen LogP contribution >= 0.6 is 11.8 Å². The first-order valence-electron chi connectivity index (χ1n) is 5.36. The molecule has 1 aromatic rings. The monoisotopic (exact) mass is 272 g/mol. The number of hydrogen-bond acceptors (Lipinski definition) is 5. The van der Waals surface area contributed by atoms with Crippen molar-refractivity contribution in [1.29, 1.82) is 0 Å². The maximum atomic E-state index is 11.6. The Kier molecular flexibility index (Phi) is 3.70. The van der Waals surface area contributed by atoms with Crippen LogP contribution in [0.1, 0.15) is 18.9 Å². The third-order valence-corrected chi connectivity index (χ3v) is 3.54. The van der Waals surface area contributed by atoms with Crippen molar-refractivity contribution in [2.24, 2.45) is 0 Å². The Morgan fingerprint density at radius 3 is 2.94 bits per heavy atom. The molecular formula is C9H12N4O4S. The Morgan fingerprint density at radius 1 is 1.56 bits per heavy atom. The Hall–Kier alpha value is -1.77. The smallest absolute Gasteiger partial charge is 0.344 e. The molecule has 0 bridgehead atoms. The first-order chi connectivity index (χ1) is 8.58. The molecule has 8 nitrogen and oxygen atoms in total. The van der Waals surface area contributed by atoms with E-state index in [2.05, 4.69) is 15.5 Å². The van der Waals surface area contributed by atoms with E-state index in [1.165, 1.54) is 4.57 Å². The molecular weight excluding hydrogens is 260 g/mol. The van der Waals surface area contributed by atoms with E-state index in [-0.39, 0.29) is 23.4 Å². The van der Waals surface area contributed by atoms with Gasteiger partial charge in [0.15, 0.2) is 5.16 Å². The summed E-state index contributed by atoms with van der Waals surface area (Å²) in [7, 11) is 0. The van der Waals surface area contributed by atoms with Gasteiger partial charge in [-0.25, -0.2) is 9.89 Å². The molecule has 0 aliphatic carbocycles. The van der Waals surface area contributed by atoms with Crippen molar-refractivity contribution in [3.05, 3.63) is 10.5 Å². The maximum Gasteiger partial charge on any atom is 0.344 e. The van der Waals surface area contributed by atoms with Gasteiger partial charge in [0.25, 0.3) is 0 Å². The predicted molar refractivity (Wildman–Crippen MR) is 62.5 cm³/mol. The van der Waals surface area contributed by atoms with Crippen molar-refractivity contribution in [2.45, 2.75) is 24.0 Å². The summed E-state index contributed by atoms with van der Waals surface area (Å²) in [6.07, 6.45) is 0.900. The van der Waals surface area contributed by atoms with E-state index in [0.717, 1.165) is 11.8 Å². The highest BCUT2D eigenvalue weighted by Crippen LogP contribution is 2.21. The summed E-state index contributed by atoms with van der Waals surface area (Å²) < 4.78 is 1.41. The standard InChI is InChI=1S/C9H12N4O4S/c14-6-2-1-5(3-10-6)13-8(17)11-12-9(13)18-4-7(15)16/h5H,1-4H2,(H,10,14)(H,11,17)(H,15,16). The molecule has 1 aromatic heterocycles. The molecule has 0 aromatic carbocycles. The third kappa shape index (κ3) is 2.73. The molecule has 1 aliphatic heterocycles. The summed E-state index contributed by atoms with van der Waals surface area (Å²) in [4.78, 5) is 33.2. The number of nitrogens with zero attached hydrogens (tertiary/aromatic N) is 2. The number of thioether (sulfide) groups is 1. The second-order valence-electron chi connectivity index (χ2n) is 3.86. The number of rotatable bonds is 4. The Balaban J connectivity index is 2.16. The fourth-order valence-electron chi connectivity index (χ4n) is 1.78. The zero-order valence-electron chi connectivity index (χ0n) is 9.38. The summed E-state index contributed by atoms with van der Waals surface area (Å²) in [5.74, 6) is -1.18. The lowest BCUT2D eigenvalue weighted by atomic mass is 10.1. The van der Waals surface area contributed by atoms with Crippen LogP contribution in [0.2, 0.25) is 0 Å². The maximum absolute atomic E-state index is 11.6. The average molecular weight is 272 g/mol. The second kappa shape index (κ2) is 5.25. The number of carbonyl (C=O) groups is 2. The van der Waals surface area contributed by atoms with Gasteiger partial charge in [-0.3, -0.25) is 14.2 Å². The van der Waals surface area contributed by atoms with E-state index in [1.807, 2.05) is 0 Å². The van der Waals surface area contributed by atoms with Crippen LogP contribution in [0.4, 0.5) is 0 Å². The quantitative estimate of drug-likeness (QED) is 0.618. The van der Waals surface area contributed by atoms with Crippen LogP contribution in [0.5, 0.6) is 0 Å². The van der Waals surface area contributed by atoms with Crippen LogP contribution in [0.3, 0.4) is 0 Å². The van der Waals surface area contributed by atoms with Gasteiger partial charge in [0.2, 0.25) is 5.91 Å². The van der Waals surface area contributed by atoms with E-state index in [0.29, 0.717) is 24.5 Å². The second-order valence-corrected chi connectivity index (χ2v) is 4.80. The van der Waals surface area contributed by atoms with Gasteiger partial charge in [-0.1, -0.05) is 11.8 Å². The van der Waals surface area contributed by atoms with Gasteiger partial charge < -0.3 is 10.4 Å². The van der Waals surface area contributed by atoms with Crippen LogP contribution < -0.4 is 11.0 Å². The highest BCUT2D eigenvalue weighted by molar-refractivity contribution is 7.99. The van der Waals surface area contributed by atoms with Crippen LogP contribution in [0.15, 0.2) is 9.95 Å². The lowest BCUT2D eigenvalue weighted by molar-refractivity contribution is -0.134. The van der Waals surface area contributed by atoms with Gasteiger partial charge in [-0.05, 0) is 6.42 Å². The van der Waals surface area contributed by atoms with E-state index < -0.39 is 5.97 Å². The first kappa shape index (κ1) is 12.7. The minimum Gasteiger partial charge on any atom is -0.481 e. The van der Waals surface area contributed by atoms with Crippen LogP contribution in [-0.2, 0) is 9.59 Å². The van der Waals surface area contributed by atoms with Crippen molar-refractivity contribution < 1.29 is 14.7 Å². The SMILES string of the molecule is O=C(O)CSc1n[nH]c(=O)n1C1CCC(=O)NC1. The zero-order valence-corrected chi connectivity index (χ0v) is 10.2. The lowest BCUT2D eigenvalue weighted by Crippen LogP contribution is -2.39. The molecule has 0 spiro atoms. The molecule has 1 fully saturated rings. The molecule has 0 radical (unpaired) electrons. The number of carboxylic acid groups (broad SMARTS) is 1. The minimum atomic E-state index is -0.973. The highest BCUT2D eigenvalue weighted by Gasteiger charge is 2.24. The fourth-order valence-corrected chi connectivity index (χ4v) is 2.51. The molecule has 3 N–H and O–H groups in total. The van der Waals surface area contributed by atoms with Crippen molar-refractivity contribution in [3.8, 4) is 0 Å². The van der Waals surface area contributed by atoms with E-state index in [1.54, 1.807) is 0 Å². The molecule has 2 heterocycles. The number of piperidine rings is 1.